The van der Waals surface area contributed by atoms with Crippen LogP contribution in [0.2, 0.25) is 0 Å². The number of benzene rings is 1. The summed E-state index contributed by atoms with van der Waals surface area (Å²) in [7, 11) is 1.82. The van der Waals surface area contributed by atoms with Gasteiger partial charge in [-0.1, -0.05) is 12.1 Å². The Hall–Kier alpha value is -2.74. The van der Waals surface area contributed by atoms with E-state index < -0.39 is 17.7 Å². The molecule has 2 heterocycles. The maximum Gasteiger partial charge on any atom is 0.434 e. The van der Waals surface area contributed by atoms with E-state index in [4.69, 9.17) is 0 Å². The van der Waals surface area contributed by atoms with Crippen molar-refractivity contribution in [3.05, 3.63) is 57.8 Å². The lowest BCUT2D eigenvalue weighted by molar-refractivity contribution is -0.140. The number of ketones is 1. The van der Waals surface area contributed by atoms with Crippen LogP contribution >= 0.6 is 11.3 Å². The fourth-order valence-electron chi connectivity index (χ4n) is 2.44. The molecule has 0 saturated carbocycles. The second-order valence-corrected chi connectivity index (χ2v) is 6.77. The molecule has 0 fully saturated rings. The number of thiazole rings is 1. The molecular weight excluding hydrogens is 363 g/mol. The third kappa shape index (κ3) is 3.75. The number of fused-ring (bicyclic) bond motifs is 1. The third-order valence-electron chi connectivity index (χ3n) is 3.65. The number of aryl methyl sites for hydroxylation is 2. The number of carbonyl (C=O) groups is 1. The van der Waals surface area contributed by atoms with Crippen LogP contribution in [0, 0.1) is 6.92 Å². The van der Waals surface area contributed by atoms with Gasteiger partial charge in [0, 0.05) is 7.05 Å². The molecular formula is C18H14F3N3OS. The minimum Gasteiger partial charge on any atom is -0.328 e. The molecule has 0 atom stereocenters. The van der Waals surface area contributed by atoms with Crippen molar-refractivity contribution in [2.24, 2.45) is 7.05 Å². The number of aromatic nitrogens is 3. The van der Waals surface area contributed by atoms with Crippen LogP contribution < -0.4 is 0 Å². The van der Waals surface area contributed by atoms with Crippen molar-refractivity contribution in [1.29, 1.82) is 0 Å². The number of carbonyl (C=O) groups excluding carboxylic acids is 1. The fraction of sp³-hybridized carbons (Fsp3) is 0.167. The summed E-state index contributed by atoms with van der Waals surface area (Å²) in [5, 5.41) is 0.291. The van der Waals surface area contributed by atoms with Crippen LogP contribution in [0.1, 0.15) is 21.4 Å². The van der Waals surface area contributed by atoms with Gasteiger partial charge in [0.2, 0.25) is 0 Å². The van der Waals surface area contributed by atoms with Gasteiger partial charge in [0.15, 0.2) is 11.5 Å². The number of alkyl halides is 3. The first kappa shape index (κ1) is 18.1. The van der Waals surface area contributed by atoms with Crippen molar-refractivity contribution in [2.45, 2.75) is 13.1 Å². The predicted octanol–water partition coefficient (Wildman–Crippen LogP) is 4.65. The molecule has 134 valence electrons. The number of nitrogens with zero attached hydrogens (tertiary/aromatic N) is 3. The Kier molecular flexibility index (Phi) is 4.78. The molecule has 0 radical (unpaired) electrons. The molecule has 0 N–H and O–H groups in total. The minimum absolute atomic E-state index is 0.0838. The van der Waals surface area contributed by atoms with Gasteiger partial charge in [-0.25, -0.2) is 9.97 Å². The summed E-state index contributed by atoms with van der Waals surface area (Å²) in [6.07, 6.45) is 0.515. The lowest BCUT2D eigenvalue weighted by Crippen LogP contribution is -2.07. The van der Waals surface area contributed by atoms with Crippen LogP contribution in [0.25, 0.3) is 23.2 Å². The predicted molar refractivity (Wildman–Crippen MR) is 95.6 cm³/mol. The van der Waals surface area contributed by atoms with Crippen LogP contribution in [0.3, 0.4) is 0 Å². The summed E-state index contributed by atoms with van der Waals surface area (Å²) in [5.74, 6) is 0.147. The van der Waals surface area contributed by atoms with Gasteiger partial charge in [-0.15, -0.1) is 11.3 Å². The van der Waals surface area contributed by atoms with Crippen molar-refractivity contribution >= 4 is 40.3 Å². The molecule has 4 nitrogen and oxygen atoms in total. The minimum atomic E-state index is -4.55. The van der Waals surface area contributed by atoms with E-state index in [2.05, 4.69) is 9.97 Å². The average molecular weight is 377 g/mol. The molecule has 0 aliphatic rings. The zero-order valence-corrected chi connectivity index (χ0v) is 14.7. The van der Waals surface area contributed by atoms with Crippen LogP contribution in [-0.2, 0) is 18.0 Å². The van der Waals surface area contributed by atoms with E-state index in [0.29, 0.717) is 10.8 Å². The van der Waals surface area contributed by atoms with E-state index in [9.17, 15) is 18.0 Å². The first-order valence-corrected chi connectivity index (χ1v) is 8.43. The van der Waals surface area contributed by atoms with E-state index in [1.807, 2.05) is 35.9 Å². The van der Waals surface area contributed by atoms with Crippen LogP contribution in [0.4, 0.5) is 13.2 Å². The first-order valence-electron chi connectivity index (χ1n) is 7.62. The Bertz CT molecular complexity index is 1030. The van der Waals surface area contributed by atoms with Gasteiger partial charge < -0.3 is 4.57 Å². The summed E-state index contributed by atoms with van der Waals surface area (Å²) >= 11 is 0.892. The number of halogens is 3. The molecule has 8 heteroatoms. The van der Waals surface area contributed by atoms with Gasteiger partial charge in [-0.3, -0.25) is 4.79 Å². The topological polar surface area (TPSA) is 47.8 Å². The molecule has 0 amide bonds. The summed E-state index contributed by atoms with van der Waals surface area (Å²) in [4.78, 5) is 19.8. The first-order chi connectivity index (χ1) is 12.3. The number of allylic oxidation sites excluding steroid dienone is 2. The molecule has 0 unspecified atom stereocenters. The molecule has 0 bridgehead atoms. The molecule has 0 saturated heterocycles. The summed E-state index contributed by atoms with van der Waals surface area (Å²) in [5.41, 5.74) is 0.751. The number of hydrogen-bond donors (Lipinski definition) is 0. The van der Waals surface area contributed by atoms with Gasteiger partial charge in [-0.2, -0.15) is 13.2 Å². The Morgan fingerprint density at radius 3 is 2.54 bits per heavy atom. The van der Waals surface area contributed by atoms with Crippen LogP contribution in [-0.4, -0.2) is 20.3 Å². The van der Waals surface area contributed by atoms with Crippen molar-refractivity contribution < 1.29 is 18.0 Å². The van der Waals surface area contributed by atoms with E-state index in [0.717, 1.165) is 34.5 Å². The lowest BCUT2D eigenvalue weighted by Gasteiger charge is -2.02. The Morgan fingerprint density at radius 2 is 1.85 bits per heavy atom. The summed E-state index contributed by atoms with van der Waals surface area (Å²) in [6, 6.07) is 7.53. The largest absolute Gasteiger partial charge is 0.434 e. The lowest BCUT2D eigenvalue weighted by atomic mass is 10.2. The second-order valence-electron chi connectivity index (χ2n) is 5.53. The zero-order chi connectivity index (χ0) is 18.9. The maximum atomic E-state index is 12.9. The van der Waals surface area contributed by atoms with E-state index in [1.165, 1.54) is 19.1 Å². The highest BCUT2D eigenvalue weighted by atomic mass is 32.1. The van der Waals surface area contributed by atoms with Crippen molar-refractivity contribution in [1.82, 2.24) is 14.5 Å². The Balaban J connectivity index is 1.79. The summed E-state index contributed by atoms with van der Waals surface area (Å²) in [6.45, 7) is 1.49. The van der Waals surface area contributed by atoms with Crippen molar-refractivity contribution in [3.8, 4) is 0 Å². The molecule has 26 heavy (non-hydrogen) atoms. The van der Waals surface area contributed by atoms with Crippen LogP contribution in [0.15, 0.2) is 36.4 Å². The van der Waals surface area contributed by atoms with Gasteiger partial charge >= 0.3 is 6.18 Å². The standard InChI is InChI=1S/C18H14F3N3OS/c1-11-22-17(18(19,20)21)15(26-11)9-7-12(25)8-10-16-23-13-5-3-4-6-14(13)24(16)2/h3-10H,1-2H3/b9-7+,10-8+. The molecule has 0 aliphatic carbocycles. The maximum absolute atomic E-state index is 12.9. The van der Waals surface area contributed by atoms with Gasteiger partial charge in [0.1, 0.15) is 5.82 Å². The third-order valence-corrected chi connectivity index (χ3v) is 4.58. The Labute approximate surface area is 151 Å². The molecule has 0 spiro atoms. The van der Waals surface area contributed by atoms with Gasteiger partial charge in [0.25, 0.3) is 0 Å². The number of rotatable bonds is 4. The number of imidazole rings is 1. The highest BCUT2D eigenvalue weighted by Crippen LogP contribution is 2.34. The molecule has 1 aromatic carbocycles. The highest BCUT2D eigenvalue weighted by Gasteiger charge is 2.36. The zero-order valence-electron chi connectivity index (χ0n) is 13.9. The Morgan fingerprint density at radius 1 is 1.15 bits per heavy atom. The molecule has 3 aromatic rings. The number of para-hydroxylation sites is 2. The highest BCUT2D eigenvalue weighted by molar-refractivity contribution is 7.12. The monoisotopic (exact) mass is 377 g/mol. The van der Waals surface area contributed by atoms with E-state index >= 15 is 0 Å². The molecule has 3 rings (SSSR count). The molecule has 0 aliphatic heterocycles. The van der Waals surface area contributed by atoms with Crippen molar-refractivity contribution in [2.75, 3.05) is 0 Å². The normalized spacial score (nSPS) is 12.7. The van der Waals surface area contributed by atoms with E-state index in [-0.39, 0.29) is 4.88 Å². The fourth-order valence-corrected chi connectivity index (χ4v) is 3.29. The van der Waals surface area contributed by atoms with E-state index in [1.54, 1.807) is 0 Å². The van der Waals surface area contributed by atoms with Crippen molar-refractivity contribution in [3.63, 3.8) is 0 Å². The second kappa shape index (κ2) is 6.87. The quantitative estimate of drug-likeness (QED) is 0.622. The van der Waals surface area contributed by atoms with Crippen LogP contribution in [0.5, 0.6) is 0 Å². The SMILES string of the molecule is Cc1nc(C(F)(F)F)c(/C=C/C(=O)/C=C/c2nc3ccccc3n2C)s1. The summed E-state index contributed by atoms with van der Waals surface area (Å²) < 4.78 is 40.5. The smallest absolute Gasteiger partial charge is 0.328 e. The molecule has 2 aromatic heterocycles. The van der Waals surface area contributed by atoms with Gasteiger partial charge in [-0.05, 0) is 43.4 Å². The average Bonchev–Trinajstić information content (AvgIpc) is 3.11. The number of hydrogen-bond acceptors (Lipinski definition) is 4. The van der Waals surface area contributed by atoms with Gasteiger partial charge in [0.05, 0.1) is 20.9 Å².